The minimum absolute atomic E-state index is 0.203. The fraction of sp³-hybridized carbons (Fsp3) is 0.0435. The molecule has 0 radical (unpaired) electrons. The van der Waals surface area contributed by atoms with E-state index in [9.17, 15) is 4.79 Å². The van der Waals surface area contributed by atoms with Crippen molar-refractivity contribution in [3.05, 3.63) is 93.2 Å². The topological polar surface area (TPSA) is 73.8 Å². The lowest BCUT2D eigenvalue weighted by Crippen LogP contribution is -2.22. The lowest BCUT2D eigenvalue weighted by atomic mass is 10.1. The molecule has 0 saturated carbocycles. The Hall–Kier alpha value is -3.58. The molecule has 0 unspecified atom stereocenters. The Balaban J connectivity index is 1.71. The van der Waals surface area contributed by atoms with E-state index in [-0.39, 0.29) is 11.4 Å². The lowest BCUT2D eigenvalue weighted by molar-refractivity contribution is 0.430. The maximum atomic E-state index is 13.1. The Labute approximate surface area is 179 Å². The number of rotatable bonds is 3. The van der Waals surface area contributed by atoms with Crippen LogP contribution in [0.1, 0.15) is 5.56 Å². The Bertz CT molecular complexity index is 1420. The zero-order chi connectivity index (χ0) is 20.7. The molecule has 0 aliphatic carbocycles. The van der Waals surface area contributed by atoms with Gasteiger partial charge in [-0.05, 0) is 49.4 Å². The molecular weight excluding hydrogens is 444 g/mol. The molecule has 5 aromatic rings. The number of hydrogen-bond donors (Lipinski definition) is 0. The first-order valence-electron chi connectivity index (χ1n) is 9.29. The van der Waals surface area contributed by atoms with Crippen LogP contribution in [0.25, 0.3) is 39.4 Å². The lowest BCUT2D eigenvalue weighted by Gasteiger charge is -2.09. The summed E-state index contributed by atoms with van der Waals surface area (Å²) >= 11 is 3.42. The van der Waals surface area contributed by atoms with Crippen molar-refractivity contribution in [2.45, 2.75) is 6.92 Å². The van der Waals surface area contributed by atoms with Crippen LogP contribution in [0.4, 0.5) is 0 Å². The van der Waals surface area contributed by atoms with Crippen molar-refractivity contribution in [1.82, 2.24) is 19.9 Å². The SMILES string of the molecule is Cc1ccc(-n2nc(-c3nc(-c4ccc(Br)cc4)no3)c3ccccc3c2=O)cc1. The molecule has 2 aromatic heterocycles. The van der Waals surface area contributed by atoms with Crippen LogP contribution in [0.15, 0.2) is 86.6 Å². The van der Waals surface area contributed by atoms with Gasteiger partial charge in [-0.15, -0.1) is 0 Å². The number of benzene rings is 3. The molecule has 3 aromatic carbocycles. The summed E-state index contributed by atoms with van der Waals surface area (Å²) < 4.78 is 7.88. The van der Waals surface area contributed by atoms with E-state index in [1.165, 1.54) is 4.68 Å². The average Bonchev–Trinajstić information content (AvgIpc) is 3.25. The molecule has 0 fully saturated rings. The van der Waals surface area contributed by atoms with Crippen molar-refractivity contribution < 1.29 is 4.52 Å². The van der Waals surface area contributed by atoms with Crippen molar-refractivity contribution in [3.8, 4) is 28.7 Å². The Kier molecular flexibility index (Phi) is 4.52. The summed E-state index contributed by atoms with van der Waals surface area (Å²) in [7, 11) is 0. The monoisotopic (exact) mass is 458 g/mol. The second-order valence-corrected chi connectivity index (χ2v) is 7.79. The highest BCUT2D eigenvalue weighted by molar-refractivity contribution is 9.10. The fourth-order valence-corrected chi connectivity index (χ4v) is 3.51. The van der Waals surface area contributed by atoms with Crippen molar-refractivity contribution >= 4 is 26.7 Å². The van der Waals surface area contributed by atoms with Crippen molar-refractivity contribution in [2.75, 3.05) is 0 Å². The third-order valence-corrected chi connectivity index (χ3v) is 5.34. The first kappa shape index (κ1) is 18.4. The molecule has 0 spiro atoms. The van der Waals surface area contributed by atoms with Crippen LogP contribution in [-0.4, -0.2) is 19.9 Å². The van der Waals surface area contributed by atoms with Crippen LogP contribution >= 0.6 is 15.9 Å². The van der Waals surface area contributed by atoms with E-state index in [4.69, 9.17) is 4.52 Å². The molecule has 0 amide bonds. The van der Waals surface area contributed by atoms with E-state index >= 15 is 0 Å². The molecule has 146 valence electrons. The number of nitrogens with zero attached hydrogens (tertiary/aromatic N) is 4. The van der Waals surface area contributed by atoms with Gasteiger partial charge in [0.1, 0.15) is 0 Å². The maximum absolute atomic E-state index is 13.1. The van der Waals surface area contributed by atoms with E-state index in [0.717, 1.165) is 15.6 Å². The average molecular weight is 459 g/mol. The van der Waals surface area contributed by atoms with E-state index in [2.05, 4.69) is 31.2 Å². The summed E-state index contributed by atoms with van der Waals surface area (Å²) in [6.07, 6.45) is 0. The zero-order valence-corrected chi connectivity index (χ0v) is 17.5. The first-order chi connectivity index (χ1) is 14.6. The van der Waals surface area contributed by atoms with Crippen LogP contribution < -0.4 is 5.56 Å². The summed E-state index contributed by atoms with van der Waals surface area (Å²) in [5.41, 5.74) is 2.85. The van der Waals surface area contributed by atoms with Gasteiger partial charge in [0.15, 0.2) is 5.69 Å². The summed E-state index contributed by atoms with van der Waals surface area (Å²) in [4.78, 5) is 17.6. The van der Waals surface area contributed by atoms with Crippen molar-refractivity contribution in [1.29, 1.82) is 0 Å². The summed E-state index contributed by atoms with van der Waals surface area (Å²) in [5.74, 6) is 0.710. The Morgan fingerprint density at radius 3 is 2.33 bits per heavy atom. The second kappa shape index (κ2) is 7.35. The van der Waals surface area contributed by atoms with Crippen LogP contribution in [-0.2, 0) is 0 Å². The smallest absolute Gasteiger partial charge is 0.279 e. The molecule has 0 aliphatic rings. The highest BCUT2D eigenvalue weighted by Crippen LogP contribution is 2.27. The fourth-order valence-electron chi connectivity index (χ4n) is 3.24. The summed E-state index contributed by atoms with van der Waals surface area (Å²) in [5, 5.41) is 9.90. The second-order valence-electron chi connectivity index (χ2n) is 6.88. The molecular formula is C23H15BrN4O2. The number of halogens is 1. The van der Waals surface area contributed by atoms with Gasteiger partial charge in [0.2, 0.25) is 5.82 Å². The quantitative estimate of drug-likeness (QED) is 0.372. The van der Waals surface area contributed by atoms with Gasteiger partial charge < -0.3 is 4.52 Å². The van der Waals surface area contributed by atoms with Crippen molar-refractivity contribution in [2.24, 2.45) is 0 Å². The first-order valence-corrected chi connectivity index (χ1v) is 10.1. The molecule has 30 heavy (non-hydrogen) atoms. The third-order valence-electron chi connectivity index (χ3n) is 4.81. The molecule has 0 bridgehead atoms. The van der Waals surface area contributed by atoms with Gasteiger partial charge in [0, 0.05) is 15.4 Å². The van der Waals surface area contributed by atoms with Gasteiger partial charge in [-0.3, -0.25) is 4.79 Å². The number of fused-ring (bicyclic) bond motifs is 1. The van der Waals surface area contributed by atoms with Crippen molar-refractivity contribution in [3.63, 3.8) is 0 Å². The number of aryl methyl sites for hydroxylation is 1. The molecule has 5 rings (SSSR count). The van der Waals surface area contributed by atoms with Crippen LogP contribution in [0.3, 0.4) is 0 Å². The van der Waals surface area contributed by atoms with Crippen LogP contribution in [0, 0.1) is 6.92 Å². The highest BCUT2D eigenvalue weighted by Gasteiger charge is 2.19. The largest absolute Gasteiger partial charge is 0.332 e. The minimum atomic E-state index is -0.203. The number of hydrogen-bond acceptors (Lipinski definition) is 5. The van der Waals surface area contributed by atoms with Gasteiger partial charge in [0.25, 0.3) is 11.4 Å². The predicted octanol–water partition coefficient (Wildman–Crippen LogP) is 5.17. The predicted molar refractivity (Wildman–Crippen MR) is 119 cm³/mol. The van der Waals surface area contributed by atoms with Crippen LogP contribution in [0.5, 0.6) is 0 Å². The van der Waals surface area contributed by atoms with E-state index in [0.29, 0.717) is 28.0 Å². The zero-order valence-electron chi connectivity index (χ0n) is 15.9. The van der Waals surface area contributed by atoms with Gasteiger partial charge >= 0.3 is 0 Å². The van der Waals surface area contributed by atoms with E-state index in [1.54, 1.807) is 6.07 Å². The standard InChI is InChI=1S/C23H15BrN4O2/c1-14-6-12-17(13-7-14)28-23(29)19-5-3-2-4-18(19)20(26-28)22-25-21(27-30-22)15-8-10-16(24)11-9-15/h2-13H,1H3. The molecule has 0 N–H and O–H groups in total. The maximum Gasteiger partial charge on any atom is 0.279 e. The molecule has 7 heteroatoms. The van der Waals surface area contributed by atoms with E-state index in [1.807, 2.05) is 73.7 Å². The minimum Gasteiger partial charge on any atom is -0.332 e. The Morgan fingerprint density at radius 2 is 1.60 bits per heavy atom. The molecule has 0 saturated heterocycles. The highest BCUT2D eigenvalue weighted by atomic mass is 79.9. The number of aromatic nitrogens is 4. The molecule has 2 heterocycles. The molecule has 0 aliphatic heterocycles. The van der Waals surface area contributed by atoms with Crippen LogP contribution in [0.2, 0.25) is 0 Å². The Morgan fingerprint density at radius 1 is 0.900 bits per heavy atom. The normalized spacial score (nSPS) is 11.1. The van der Waals surface area contributed by atoms with Gasteiger partial charge in [-0.2, -0.15) is 14.8 Å². The third kappa shape index (κ3) is 3.23. The van der Waals surface area contributed by atoms with Gasteiger partial charge in [-0.25, -0.2) is 0 Å². The summed E-state index contributed by atoms with van der Waals surface area (Å²) in [6, 6.07) is 22.5. The molecule has 6 nitrogen and oxygen atoms in total. The van der Waals surface area contributed by atoms with Gasteiger partial charge in [-0.1, -0.05) is 57.0 Å². The molecule has 0 atom stereocenters. The van der Waals surface area contributed by atoms with E-state index < -0.39 is 0 Å². The summed E-state index contributed by atoms with van der Waals surface area (Å²) in [6.45, 7) is 1.99. The van der Waals surface area contributed by atoms with Gasteiger partial charge in [0.05, 0.1) is 11.1 Å².